The van der Waals surface area contributed by atoms with E-state index in [0.717, 1.165) is 35.5 Å². The Bertz CT molecular complexity index is 352. The largest absolute Gasteiger partial charge is 0.385 e. The van der Waals surface area contributed by atoms with Crippen molar-refractivity contribution in [1.82, 2.24) is 0 Å². The first-order valence-corrected chi connectivity index (χ1v) is 6.67. The predicted octanol–water partition coefficient (Wildman–Crippen LogP) is 3.99. The first kappa shape index (κ1) is 11.7. The lowest BCUT2D eigenvalue weighted by Crippen LogP contribution is -2.31. The van der Waals surface area contributed by atoms with Crippen LogP contribution in [0.1, 0.15) is 32.1 Å². The average Bonchev–Trinajstić information content (AvgIpc) is 2.31. The fourth-order valence-electron chi connectivity index (χ4n) is 2.14. The van der Waals surface area contributed by atoms with Crippen molar-refractivity contribution >= 4 is 11.8 Å². The highest BCUT2D eigenvalue weighted by atomic mass is 32.2. The van der Waals surface area contributed by atoms with E-state index in [1.807, 2.05) is 18.2 Å². The van der Waals surface area contributed by atoms with Crippen molar-refractivity contribution in [2.45, 2.75) is 42.6 Å². The topological polar surface area (TPSA) is 20.2 Å². The van der Waals surface area contributed by atoms with Crippen LogP contribution in [0.15, 0.2) is 46.7 Å². The summed E-state index contributed by atoms with van der Waals surface area (Å²) in [5.74, 6) is 0. The molecule has 16 heavy (non-hydrogen) atoms. The van der Waals surface area contributed by atoms with Gasteiger partial charge < -0.3 is 5.11 Å². The van der Waals surface area contributed by atoms with Gasteiger partial charge in [-0.25, -0.2) is 0 Å². The Kier molecular flexibility index (Phi) is 3.72. The summed E-state index contributed by atoms with van der Waals surface area (Å²) in [4.78, 5) is 2.06. The molecule has 1 aliphatic rings. The van der Waals surface area contributed by atoms with E-state index < -0.39 is 5.60 Å². The molecule has 2 rings (SSSR count). The number of aliphatic hydroxyl groups is 1. The van der Waals surface area contributed by atoms with Gasteiger partial charge in [0, 0.05) is 9.80 Å². The zero-order valence-electron chi connectivity index (χ0n) is 9.48. The zero-order chi connectivity index (χ0) is 11.4. The summed E-state index contributed by atoms with van der Waals surface area (Å²) in [7, 11) is 0. The standard InChI is InChI=1S/C14H18OS/c1-12(14(15)10-6-3-7-11-14)16-13-8-4-2-5-9-13/h2,4-5,8-9,15H,1,3,6-7,10-11H2. The molecule has 1 aromatic carbocycles. The molecular weight excluding hydrogens is 216 g/mol. The molecule has 0 aromatic heterocycles. The molecule has 2 heteroatoms. The Morgan fingerprint density at radius 3 is 2.38 bits per heavy atom. The van der Waals surface area contributed by atoms with Gasteiger partial charge in [0.15, 0.2) is 0 Å². The van der Waals surface area contributed by atoms with Crippen LogP contribution in [0.3, 0.4) is 0 Å². The van der Waals surface area contributed by atoms with Gasteiger partial charge in [0.25, 0.3) is 0 Å². The summed E-state index contributed by atoms with van der Waals surface area (Å²) in [5, 5.41) is 10.5. The van der Waals surface area contributed by atoms with Gasteiger partial charge in [-0.3, -0.25) is 0 Å². The van der Waals surface area contributed by atoms with E-state index in [2.05, 4.69) is 18.7 Å². The Balaban J connectivity index is 2.02. The molecule has 1 N–H and O–H groups in total. The van der Waals surface area contributed by atoms with Gasteiger partial charge in [-0.1, -0.05) is 55.8 Å². The Labute approximate surface area is 102 Å². The van der Waals surface area contributed by atoms with Gasteiger partial charge in [0.2, 0.25) is 0 Å². The second-order valence-corrected chi connectivity index (χ2v) is 5.60. The maximum atomic E-state index is 10.5. The van der Waals surface area contributed by atoms with Crippen molar-refractivity contribution < 1.29 is 5.11 Å². The van der Waals surface area contributed by atoms with E-state index in [0.29, 0.717) is 0 Å². The van der Waals surface area contributed by atoms with Crippen molar-refractivity contribution in [3.63, 3.8) is 0 Å². The fraction of sp³-hybridized carbons (Fsp3) is 0.429. The molecule has 1 aromatic rings. The molecular formula is C14H18OS. The number of hydrogen-bond donors (Lipinski definition) is 1. The van der Waals surface area contributed by atoms with Crippen LogP contribution in [0.4, 0.5) is 0 Å². The van der Waals surface area contributed by atoms with E-state index >= 15 is 0 Å². The Morgan fingerprint density at radius 1 is 1.12 bits per heavy atom. The van der Waals surface area contributed by atoms with Gasteiger partial charge in [0.1, 0.15) is 0 Å². The summed E-state index contributed by atoms with van der Waals surface area (Å²) in [6.45, 7) is 4.06. The summed E-state index contributed by atoms with van der Waals surface area (Å²) in [6.07, 6.45) is 5.21. The summed E-state index contributed by atoms with van der Waals surface area (Å²) >= 11 is 1.60. The molecule has 1 saturated carbocycles. The summed E-state index contributed by atoms with van der Waals surface area (Å²) in [6, 6.07) is 10.1. The first-order chi connectivity index (χ1) is 7.71. The van der Waals surface area contributed by atoms with E-state index in [4.69, 9.17) is 0 Å². The molecule has 0 unspecified atom stereocenters. The van der Waals surface area contributed by atoms with E-state index in [1.165, 1.54) is 6.42 Å². The molecule has 0 spiro atoms. The monoisotopic (exact) mass is 234 g/mol. The van der Waals surface area contributed by atoms with Crippen LogP contribution in [0.5, 0.6) is 0 Å². The van der Waals surface area contributed by atoms with Gasteiger partial charge in [-0.05, 0) is 25.0 Å². The SMILES string of the molecule is C=C(Sc1ccccc1)C1(O)CCCCC1. The van der Waals surface area contributed by atoms with Crippen molar-refractivity contribution in [3.8, 4) is 0 Å². The molecule has 86 valence electrons. The normalized spacial score (nSPS) is 19.3. The third-order valence-electron chi connectivity index (χ3n) is 3.18. The predicted molar refractivity (Wildman–Crippen MR) is 69.5 cm³/mol. The molecule has 0 heterocycles. The van der Waals surface area contributed by atoms with Gasteiger partial charge in [-0.2, -0.15) is 0 Å². The van der Waals surface area contributed by atoms with Crippen LogP contribution in [0.2, 0.25) is 0 Å². The van der Waals surface area contributed by atoms with Crippen LogP contribution in [-0.4, -0.2) is 10.7 Å². The lowest BCUT2D eigenvalue weighted by Gasteiger charge is -2.33. The Morgan fingerprint density at radius 2 is 1.75 bits per heavy atom. The molecule has 1 fully saturated rings. The zero-order valence-corrected chi connectivity index (χ0v) is 10.3. The summed E-state index contributed by atoms with van der Waals surface area (Å²) < 4.78 is 0. The lowest BCUT2D eigenvalue weighted by atomic mass is 9.85. The van der Waals surface area contributed by atoms with Crippen molar-refractivity contribution in [2.24, 2.45) is 0 Å². The van der Waals surface area contributed by atoms with Crippen molar-refractivity contribution in [3.05, 3.63) is 41.8 Å². The summed E-state index contributed by atoms with van der Waals surface area (Å²) in [5.41, 5.74) is -0.640. The third-order valence-corrected chi connectivity index (χ3v) is 4.32. The molecule has 0 amide bonds. The van der Waals surface area contributed by atoms with Gasteiger partial charge in [0.05, 0.1) is 5.60 Å². The molecule has 0 radical (unpaired) electrons. The van der Waals surface area contributed by atoms with Crippen LogP contribution < -0.4 is 0 Å². The number of rotatable bonds is 3. The third kappa shape index (κ3) is 2.69. The van der Waals surface area contributed by atoms with E-state index in [9.17, 15) is 5.11 Å². The minimum atomic E-state index is -0.640. The van der Waals surface area contributed by atoms with Gasteiger partial charge in [-0.15, -0.1) is 0 Å². The minimum absolute atomic E-state index is 0.640. The maximum Gasteiger partial charge on any atom is 0.0952 e. The van der Waals surface area contributed by atoms with Crippen LogP contribution in [0.25, 0.3) is 0 Å². The van der Waals surface area contributed by atoms with Gasteiger partial charge >= 0.3 is 0 Å². The average molecular weight is 234 g/mol. The number of hydrogen-bond acceptors (Lipinski definition) is 2. The van der Waals surface area contributed by atoms with Crippen LogP contribution >= 0.6 is 11.8 Å². The Hall–Kier alpha value is -0.730. The van der Waals surface area contributed by atoms with Crippen LogP contribution in [0, 0.1) is 0 Å². The smallest absolute Gasteiger partial charge is 0.0952 e. The van der Waals surface area contributed by atoms with Crippen molar-refractivity contribution in [1.29, 1.82) is 0 Å². The highest BCUT2D eigenvalue weighted by Crippen LogP contribution is 2.41. The maximum absolute atomic E-state index is 10.5. The second-order valence-electron chi connectivity index (χ2n) is 4.43. The minimum Gasteiger partial charge on any atom is -0.385 e. The van der Waals surface area contributed by atoms with Crippen LogP contribution in [-0.2, 0) is 0 Å². The molecule has 0 aliphatic heterocycles. The van der Waals surface area contributed by atoms with E-state index in [-0.39, 0.29) is 0 Å². The molecule has 0 atom stereocenters. The van der Waals surface area contributed by atoms with E-state index in [1.54, 1.807) is 11.8 Å². The highest BCUT2D eigenvalue weighted by Gasteiger charge is 2.32. The number of benzene rings is 1. The molecule has 1 nitrogen and oxygen atoms in total. The number of thioether (sulfide) groups is 1. The lowest BCUT2D eigenvalue weighted by molar-refractivity contribution is 0.0480. The molecule has 0 saturated heterocycles. The second kappa shape index (κ2) is 5.07. The molecule has 0 bridgehead atoms. The van der Waals surface area contributed by atoms with Crippen molar-refractivity contribution in [2.75, 3.05) is 0 Å². The first-order valence-electron chi connectivity index (χ1n) is 5.85. The fourth-order valence-corrected chi connectivity index (χ4v) is 3.11. The highest BCUT2D eigenvalue weighted by molar-refractivity contribution is 8.03. The molecule has 1 aliphatic carbocycles. The quantitative estimate of drug-likeness (QED) is 0.798.